The first kappa shape index (κ1) is 14.7. The zero-order chi connectivity index (χ0) is 16.6. The molecule has 1 atom stereocenters. The topological polar surface area (TPSA) is 32.3 Å². The average molecular weight is 353 g/mol. The smallest absolute Gasteiger partial charge is 0.261 e. The first-order valence-corrected chi connectivity index (χ1v) is 10.6. The molecule has 1 spiro atoms. The number of nitrogens with one attached hydrogen (secondary N) is 1. The lowest BCUT2D eigenvalue weighted by atomic mass is 9.77. The van der Waals surface area contributed by atoms with Gasteiger partial charge in [-0.05, 0) is 80.5 Å². The summed E-state index contributed by atoms with van der Waals surface area (Å²) in [6.45, 7) is 2.48. The van der Waals surface area contributed by atoms with Crippen LogP contribution in [0.1, 0.15) is 59.7 Å². The van der Waals surface area contributed by atoms with E-state index in [0.717, 1.165) is 10.8 Å². The van der Waals surface area contributed by atoms with Gasteiger partial charge in [-0.3, -0.25) is 9.69 Å². The van der Waals surface area contributed by atoms with Crippen LogP contribution in [0.5, 0.6) is 0 Å². The Morgan fingerprint density at radius 1 is 1.16 bits per heavy atom. The summed E-state index contributed by atoms with van der Waals surface area (Å²) >= 11 is 1.70. The van der Waals surface area contributed by atoms with Crippen LogP contribution in [0.3, 0.4) is 0 Å². The number of hydrogen-bond donors (Lipinski definition) is 1. The van der Waals surface area contributed by atoms with Crippen LogP contribution >= 0.6 is 11.3 Å². The third kappa shape index (κ3) is 2.16. The summed E-state index contributed by atoms with van der Waals surface area (Å²) in [7, 11) is 0. The van der Waals surface area contributed by atoms with Crippen molar-refractivity contribution in [3.63, 3.8) is 0 Å². The molecule has 1 aromatic carbocycles. The monoisotopic (exact) mass is 352 g/mol. The summed E-state index contributed by atoms with van der Waals surface area (Å²) in [6, 6.07) is 9.05. The van der Waals surface area contributed by atoms with Gasteiger partial charge in [0.15, 0.2) is 0 Å². The number of carbonyl (C=O) groups excluding carboxylic acids is 1. The predicted molar refractivity (Wildman–Crippen MR) is 101 cm³/mol. The molecule has 3 saturated heterocycles. The Kier molecular flexibility index (Phi) is 2.99. The van der Waals surface area contributed by atoms with Crippen LogP contribution in [-0.2, 0) is 0 Å². The van der Waals surface area contributed by atoms with E-state index in [1.807, 2.05) is 0 Å². The van der Waals surface area contributed by atoms with Gasteiger partial charge < -0.3 is 5.32 Å². The van der Waals surface area contributed by atoms with E-state index in [-0.39, 0.29) is 5.91 Å². The molecule has 5 fully saturated rings. The van der Waals surface area contributed by atoms with Crippen LogP contribution in [0.25, 0.3) is 10.1 Å². The summed E-state index contributed by atoms with van der Waals surface area (Å²) in [5, 5.41) is 4.72. The van der Waals surface area contributed by atoms with Gasteiger partial charge in [0.25, 0.3) is 5.91 Å². The molecule has 3 nitrogen and oxygen atoms in total. The highest BCUT2D eigenvalue weighted by Crippen LogP contribution is 2.54. The Balaban J connectivity index is 1.30. The van der Waals surface area contributed by atoms with Gasteiger partial charge in [0, 0.05) is 10.2 Å². The molecule has 2 aliphatic carbocycles. The zero-order valence-electron chi connectivity index (χ0n) is 14.5. The van der Waals surface area contributed by atoms with Crippen molar-refractivity contribution >= 4 is 27.3 Å². The molecule has 4 heteroatoms. The fourth-order valence-electron chi connectivity index (χ4n) is 5.45. The maximum absolute atomic E-state index is 13.1. The quantitative estimate of drug-likeness (QED) is 0.900. The molecule has 130 valence electrons. The molecular formula is C21H24N2OS. The van der Waals surface area contributed by atoms with E-state index >= 15 is 0 Å². The number of nitrogens with zero attached hydrogens (tertiary/aromatic N) is 1. The van der Waals surface area contributed by atoms with Gasteiger partial charge in [-0.15, -0.1) is 11.3 Å². The van der Waals surface area contributed by atoms with Crippen molar-refractivity contribution in [2.75, 3.05) is 13.1 Å². The third-order valence-electron chi connectivity index (χ3n) is 7.08. The van der Waals surface area contributed by atoms with Crippen molar-refractivity contribution in [2.24, 2.45) is 5.92 Å². The van der Waals surface area contributed by atoms with Gasteiger partial charge in [-0.1, -0.05) is 18.2 Å². The Labute approximate surface area is 152 Å². The number of benzene rings is 1. The molecule has 0 unspecified atom stereocenters. The Morgan fingerprint density at radius 3 is 2.68 bits per heavy atom. The standard InChI is InChI=1S/C21H24N2OS/c24-20(22-19-14-6-10-23(11-7-14)21(19)8-9-21)17-12-15-2-1-3-16(13-4-5-13)18(15)25-17/h1-3,12-14,19H,4-11H2,(H,22,24)/t19-/m0/s1. The number of carbonyl (C=O) groups is 1. The second-order valence-corrected chi connectivity index (χ2v) is 9.58. The van der Waals surface area contributed by atoms with Crippen LogP contribution in [-0.4, -0.2) is 35.5 Å². The van der Waals surface area contributed by atoms with Gasteiger partial charge in [0.2, 0.25) is 0 Å². The number of piperidine rings is 3. The minimum Gasteiger partial charge on any atom is -0.346 e. The van der Waals surface area contributed by atoms with Gasteiger partial charge in [-0.25, -0.2) is 0 Å². The largest absolute Gasteiger partial charge is 0.346 e. The second kappa shape index (κ2) is 5.08. The van der Waals surface area contributed by atoms with E-state index in [4.69, 9.17) is 0 Å². The molecule has 0 radical (unpaired) electrons. The number of thiophene rings is 1. The van der Waals surface area contributed by atoms with Crippen molar-refractivity contribution in [1.29, 1.82) is 0 Å². The van der Waals surface area contributed by atoms with Crippen molar-refractivity contribution in [2.45, 2.75) is 56.0 Å². The van der Waals surface area contributed by atoms with Crippen molar-refractivity contribution < 1.29 is 4.79 Å². The van der Waals surface area contributed by atoms with E-state index in [9.17, 15) is 4.79 Å². The summed E-state index contributed by atoms with van der Waals surface area (Å²) in [4.78, 5) is 16.6. The zero-order valence-corrected chi connectivity index (χ0v) is 15.3. The van der Waals surface area contributed by atoms with E-state index in [1.54, 1.807) is 11.3 Å². The van der Waals surface area contributed by atoms with Gasteiger partial charge in [0.05, 0.1) is 10.9 Å². The molecule has 2 aromatic rings. The number of amides is 1. The highest BCUT2D eigenvalue weighted by Gasteiger charge is 2.60. The Bertz CT molecular complexity index is 856. The maximum Gasteiger partial charge on any atom is 0.261 e. The molecule has 3 aliphatic heterocycles. The Hall–Kier alpha value is -1.39. The molecule has 1 N–H and O–H groups in total. The van der Waals surface area contributed by atoms with Gasteiger partial charge in [-0.2, -0.15) is 0 Å². The van der Waals surface area contributed by atoms with Crippen LogP contribution in [0.4, 0.5) is 0 Å². The minimum absolute atomic E-state index is 0.160. The van der Waals surface area contributed by atoms with Crippen molar-refractivity contribution in [3.05, 3.63) is 34.7 Å². The fourth-order valence-corrected chi connectivity index (χ4v) is 6.60. The normalized spacial score (nSPS) is 32.2. The minimum atomic E-state index is 0.160. The SMILES string of the molecule is O=C(N[C@H]1C2CCN(CC2)C12CC2)c1cc2cccc(C3CC3)c2s1. The predicted octanol–water partition coefficient (Wildman–Crippen LogP) is 4.14. The molecule has 1 aromatic heterocycles. The van der Waals surface area contributed by atoms with E-state index < -0.39 is 0 Å². The molecule has 7 rings (SSSR count). The van der Waals surface area contributed by atoms with Crippen molar-refractivity contribution in [3.8, 4) is 0 Å². The van der Waals surface area contributed by atoms with Crippen LogP contribution in [0, 0.1) is 5.92 Å². The summed E-state index contributed by atoms with van der Waals surface area (Å²) in [5.41, 5.74) is 1.77. The Morgan fingerprint density at radius 2 is 1.96 bits per heavy atom. The lowest BCUT2D eigenvalue weighted by Gasteiger charge is -2.52. The molecular weight excluding hydrogens is 328 g/mol. The molecule has 1 amide bonds. The summed E-state index contributed by atoms with van der Waals surface area (Å²) in [6.07, 6.45) is 7.66. The van der Waals surface area contributed by atoms with Crippen LogP contribution in [0.15, 0.2) is 24.3 Å². The first-order valence-electron chi connectivity index (χ1n) is 9.83. The number of rotatable bonds is 3. The third-order valence-corrected chi connectivity index (χ3v) is 8.28. The van der Waals surface area contributed by atoms with Gasteiger partial charge in [0.1, 0.15) is 0 Å². The molecule has 4 heterocycles. The lowest BCUT2D eigenvalue weighted by molar-refractivity contribution is -0.00138. The fraction of sp³-hybridized carbons (Fsp3) is 0.571. The lowest BCUT2D eigenvalue weighted by Crippen LogP contribution is -2.65. The average Bonchev–Trinajstić information content (AvgIpc) is 3.56. The molecule has 25 heavy (non-hydrogen) atoms. The van der Waals surface area contributed by atoms with E-state index in [2.05, 4.69) is 34.5 Å². The molecule has 2 saturated carbocycles. The van der Waals surface area contributed by atoms with Crippen LogP contribution in [0.2, 0.25) is 0 Å². The van der Waals surface area contributed by atoms with Gasteiger partial charge >= 0.3 is 0 Å². The number of hydrogen-bond acceptors (Lipinski definition) is 3. The van der Waals surface area contributed by atoms with E-state index in [1.165, 1.54) is 67.3 Å². The second-order valence-electron chi connectivity index (χ2n) is 8.53. The molecule has 5 aliphatic rings. The highest BCUT2D eigenvalue weighted by atomic mass is 32.1. The highest BCUT2D eigenvalue weighted by molar-refractivity contribution is 7.21. The first-order chi connectivity index (χ1) is 12.2. The van der Waals surface area contributed by atoms with Crippen LogP contribution < -0.4 is 5.32 Å². The van der Waals surface area contributed by atoms with E-state index in [0.29, 0.717) is 17.5 Å². The molecule has 2 bridgehead atoms. The summed E-state index contributed by atoms with van der Waals surface area (Å²) in [5.74, 6) is 1.58. The number of fused-ring (bicyclic) bond motifs is 3. The summed E-state index contributed by atoms with van der Waals surface area (Å²) < 4.78 is 1.34. The maximum atomic E-state index is 13.1. The van der Waals surface area contributed by atoms with Crippen molar-refractivity contribution in [1.82, 2.24) is 10.2 Å².